The van der Waals surface area contributed by atoms with E-state index in [2.05, 4.69) is 205 Å². The van der Waals surface area contributed by atoms with Gasteiger partial charge in [-0.2, -0.15) is 9.97 Å². The van der Waals surface area contributed by atoms with Gasteiger partial charge in [0.2, 0.25) is 5.95 Å². The van der Waals surface area contributed by atoms with Gasteiger partial charge >= 0.3 is 0 Å². The molecular formula is C61H36N4. The summed E-state index contributed by atoms with van der Waals surface area (Å²) in [6.45, 7) is 0. The van der Waals surface area contributed by atoms with E-state index in [-0.39, 0.29) is 0 Å². The molecule has 0 N–H and O–H groups in total. The molecule has 0 unspecified atom stereocenters. The Labute approximate surface area is 373 Å². The summed E-state index contributed by atoms with van der Waals surface area (Å²) in [7, 11) is 0. The van der Waals surface area contributed by atoms with Gasteiger partial charge in [-0.1, -0.05) is 188 Å². The number of para-hydroxylation sites is 2. The number of rotatable bonds is 5. The Bertz CT molecular complexity index is 4180. The van der Waals surface area contributed by atoms with Crippen LogP contribution in [0.2, 0.25) is 0 Å². The van der Waals surface area contributed by atoms with Crippen molar-refractivity contribution >= 4 is 86.4 Å². The molecule has 2 aromatic heterocycles. The van der Waals surface area contributed by atoms with Gasteiger partial charge in [-0.25, -0.2) is 4.98 Å². The normalized spacial score (nSPS) is 12.0. The third kappa shape index (κ3) is 5.41. The monoisotopic (exact) mass is 824 g/mol. The van der Waals surface area contributed by atoms with E-state index < -0.39 is 0 Å². The van der Waals surface area contributed by atoms with E-state index >= 15 is 0 Å². The van der Waals surface area contributed by atoms with Crippen LogP contribution in [0.1, 0.15) is 0 Å². The molecule has 2 heterocycles. The van der Waals surface area contributed by atoms with Gasteiger partial charge in [-0.05, 0) is 117 Å². The lowest BCUT2D eigenvalue weighted by Crippen LogP contribution is -2.06. The molecule has 300 valence electrons. The molecule has 0 aliphatic carbocycles. The molecule has 0 atom stereocenters. The summed E-state index contributed by atoms with van der Waals surface area (Å²) in [5.41, 5.74) is 8.41. The first-order chi connectivity index (χ1) is 32.2. The highest BCUT2D eigenvalue weighted by molar-refractivity contribution is 6.37. The lowest BCUT2D eigenvalue weighted by atomic mass is 9.86. The van der Waals surface area contributed by atoms with E-state index in [9.17, 15) is 0 Å². The van der Waals surface area contributed by atoms with Crippen molar-refractivity contribution in [2.75, 3.05) is 0 Å². The Hall–Kier alpha value is -8.73. The van der Waals surface area contributed by atoms with Crippen LogP contribution in [-0.2, 0) is 0 Å². The van der Waals surface area contributed by atoms with Crippen molar-refractivity contribution in [1.29, 1.82) is 0 Å². The largest absolute Gasteiger partial charge is 0.278 e. The third-order valence-corrected chi connectivity index (χ3v) is 13.5. The van der Waals surface area contributed by atoms with Crippen LogP contribution in [0, 0.1) is 0 Å². The van der Waals surface area contributed by atoms with Gasteiger partial charge in [0.05, 0.1) is 11.0 Å². The van der Waals surface area contributed by atoms with Crippen molar-refractivity contribution in [2.45, 2.75) is 0 Å². The van der Waals surface area contributed by atoms with Crippen molar-refractivity contribution in [2.24, 2.45) is 0 Å². The second-order valence-electron chi connectivity index (χ2n) is 17.1. The van der Waals surface area contributed by atoms with Gasteiger partial charge in [-0.3, -0.25) is 4.57 Å². The number of benzene rings is 11. The highest BCUT2D eigenvalue weighted by Gasteiger charge is 2.21. The summed E-state index contributed by atoms with van der Waals surface area (Å²) in [5, 5.41) is 17.6. The maximum absolute atomic E-state index is 5.33. The molecule has 65 heavy (non-hydrogen) atoms. The summed E-state index contributed by atoms with van der Waals surface area (Å²) < 4.78 is 2.17. The Morgan fingerprint density at radius 1 is 0.262 bits per heavy atom. The number of fused-ring (bicyclic) bond motifs is 5. The topological polar surface area (TPSA) is 43.6 Å². The molecule has 0 bridgehead atoms. The van der Waals surface area contributed by atoms with Crippen LogP contribution in [-0.4, -0.2) is 19.5 Å². The van der Waals surface area contributed by atoms with Crippen molar-refractivity contribution in [1.82, 2.24) is 19.5 Å². The first-order valence-corrected chi connectivity index (χ1v) is 22.2. The van der Waals surface area contributed by atoms with Crippen LogP contribution < -0.4 is 0 Å². The van der Waals surface area contributed by atoms with E-state index in [1.54, 1.807) is 0 Å². The summed E-state index contributed by atoms with van der Waals surface area (Å²) in [6.07, 6.45) is 0. The predicted molar refractivity (Wildman–Crippen MR) is 272 cm³/mol. The highest BCUT2D eigenvalue weighted by atomic mass is 15.2. The van der Waals surface area contributed by atoms with E-state index in [1.165, 1.54) is 70.2 Å². The van der Waals surface area contributed by atoms with Crippen molar-refractivity contribution < 1.29 is 0 Å². The molecule has 14 aromatic rings. The fraction of sp³-hybridized carbons (Fsp3) is 0. The molecule has 0 saturated carbocycles. The minimum absolute atomic E-state index is 0.579. The zero-order valence-corrected chi connectivity index (χ0v) is 35.1. The van der Waals surface area contributed by atoms with Gasteiger partial charge in [0.15, 0.2) is 11.6 Å². The number of nitrogens with zero attached hydrogens (tertiary/aromatic N) is 4. The SMILES string of the molecule is c1ccc(-c2nc(-c3ccccc3-c3cccc(-c4cc5ccc6cccc7c8cccc9ccc%10cccc(c(c4)c5c67)c%10c98)c3)nc(-n3c4ccccc4c4ccccc43)n2)cc1. The molecule has 0 aliphatic heterocycles. The standard InChI is InChI=1S/C61H36N4/c1-2-14-40(15-3-1)59-62-60(64-61(63-59)65-53-28-8-6-22-46(53)47-23-7-9-29-54(47)65)51-24-5-4-21-45(51)42-20-10-19-41(34-42)44-35-43-33-32-39-17-12-26-49-48-25-11-16-37-30-31-38-18-13-27-50(57(38)55(37)48)52(36-44)58(43)56(39)49/h1-36H. The van der Waals surface area contributed by atoms with Crippen LogP contribution in [0.4, 0.5) is 0 Å². The third-order valence-electron chi connectivity index (χ3n) is 13.5. The Morgan fingerprint density at radius 2 is 0.738 bits per heavy atom. The maximum Gasteiger partial charge on any atom is 0.238 e. The van der Waals surface area contributed by atoms with E-state index in [0.717, 1.165) is 49.6 Å². The molecule has 0 saturated heterocycles. The molecule has 14 rings (SSSR count). The average Bonchev–Trinajstić information content (AvgIpc) is 3.72. The van der Waals surface area contributed by atoms with E-state index in [4.69, 9.17) is 15.0 Å². The zero-order chi connectivity index (χ0) is 42.6. The predicted octanol–water partition coefficient (Wildman–Crippen LogP) is 16.0. The quantitative estimate of drug-likeness (QED) is 0.162. The molecule has 4 heteroatoms. The number of aromatic nitrogens is 4. The minimum Gasteiger partial charge on any atom is -0.278 e. The zero-order valence-electron chi connectivity index (χ0n) is 35.1. The molecular weight excluding hydrogens is 789 g/mol. The summed E-state index contributed by atoms with van der Waals surface area (Å²) >= 11 is 0. The highest BCUT2D eigenvalue weighted by Crippen LogP contribution is 2.45. The molecule has 0 spiro atoms. The molecule has 0 amide bonds. The number of hydrogen-bond acceptors (Lipinski definition) is 3. The fourth-order valence-corrected chi connectivity index (χ4v) is 10.7. The summed E-state index contributed by atoms with van der Waals surface area (Å²) in [4.78, 5) is 15.7. The molecule has 12 aromatic carbocycles. The van der Waals surface area contributed by atoms with Gasteiger partial charge < -0.3 is 0 Å². The van der Waals surface area contributed by atoms with E-state index in [0.29, 0.717) is 17.6 Å². The van der Waals surface area contributed by atoms with Crippen LogP contribution in [0.25, 0.3) is 137 Å². The lowest BCUT2D eigenvalue weighted by molar-refractivity contribution is 0.953. The average molecular weight is 825 g/mol. The van der Waals surface area contributed by atoms with Crippen molar-refractivity contribution in [3.63, 3.8) is 0 Å². The maximum atomic E-state index is 5.33. The molecule has 4 nitrogen and oxygen atoms in total. The van der Waals surface area contributed by atoms with Crippen LogP contribution in [0.3, 0.4) is 0 Å². The van der Waals surface area contributed by atoms with Crippen LogP contribution in [0.5, 0.6) is 0 Å². The van der Waals surface area contributed by atoms with Gasteiger partial charge in [-0.15, -0.1) is 0 Å². The van der Waals surface area contributed by atoms with Crippen LogP contribution in [0.15, 0.2) is 218 Å². The Kier molecular flexibility index (Phi) is 7.65. The second kappa shape index (κ2) is 13.9. The first kappa shape index (κ1) is 35.8. The second-order valence-corrected chi connectivity index (χ2v) is 17.1. The Balaban J connectivity index is 0.991. The smallest absolute Gasteiger partial charge is 0.238 e. The summed E-state index contributed by atoms with van der Waals surface area (Å²) in [6, 6.07) is 78.9. The van der Waals surface area contributed by atoms with Gasteiger partial charge in [0.25, 0.3) is 0 Å². The van der Waals surface area contributed by atoms with Gasteiger partial charge in [0, 0.05) is 21.9 Å². The van der Waals surface area contributed by atoms with E-state index in [1.807, 2.05) is 18.2 Å². The van der Waals surface area contributed by atoms with Crippen molar-refractivity contribution in [3.05, 3.63) is 218 Å². The van der Waals surface area contributed by atoms with Crippen LogP contribution >= 0.6 is 0 Å². The van der Waals surface area contributed by atoms with Gasteiger partial charge in [0.1, 0.15) is 0 Å². The molecule has 0 radical (unpaired) electrons. The lowest BCUT2D eigenvalue weighted by Gasteiger charge is -2.17. The molecule has 0 aliphatic rings. The summed E-state index contributed by atoms with van der Waals surface area (Å²) in [5.74, 6) is 1.82. The molecule has 0 fully saturated rings. The minimum atomic E-state index is 0.579. The van der Waals surface area contributed by atoms with Crippen molar-refractivity contribution in [3.8, 4) is 51.0 Å². The number of hydrogen-bond donors (Lipinski definition) is 0. The Morgan fingerprint density at radius 3 is 1.40 bits per heavy atom. The fourth-order valence-electron chi connectivity index (χ4n) is 10.7. The first-order valence-electron chi connectivity index (χ1n) is 22.2.